The molecule has 5 nitrogen and oxygen atoms in total. The van der Waals surface area contributed by atoms with E-state index in [1.165, 1.54) is 0 Å². The highest BCUT2D eigenvalue weighted by atomic mass is 32.1. The summed E-state index contributed by atoms with van der Waals surface area (Å²) in [7, 11) is 0. The summed E-state index contributed by atoms with van der Waals surface area (Å²) in [6.45, 7) is 0. The fourth-order valence-electron chi connectivity index (χ4n) is 2.17. The minimum Gasteiger partial charge on any atom is -0.545 e. The first-order chi connectivity index (χ1) is 12.1. The Kier molecular flexibility index (Phi) is 5.01. The van der Waals surface area contributed by atoms with Crippen LogP contribution >= 0.6 is 11.3 Å². The lowest BCUT2D eigenvalue weighted by molar-refractivity contribution is -0.297. The number of carbonyl (C=O) groups is 2. The minimum absolute atomic E-state index is 0.531. The van der Waals surface area contributed by atoms with E-state index in [1.807, 2.05) is 47.8 Å². The monoisotopic (exact) mass is 349 g/mol. The number of carboxylic acids is 1. The van der Waals surface area contributed by atoms with Crippen LogP contribution in [0.2, 0.25) is 0 Å². The Morgan fingerprint density at radius 2 is 1.68 bits per heavy atom. The maximum Gasteiger partial charge on any atom is 0.248 e. The van der Waals surface area contributed by atoms with E-state index < -0.39 is 11.9 Å². The molecule has 25 heavy (non-hydrogen) atoms. The van der Waals surface area contributed by atoms with Crippen LogP contribution in [0.1, 0.15) is 0 Å². The SMILES string of the molecule is O=C([O-])C=CC(=O)Nc1ccc(-c2csc(-c3ccccc3)n2)cc1. The van der Waals surface area contributed by atoms with Crippen LogP contribution in [-0.2, 0) is 9.59 Å². The van der Waals surface area contributed by atoms with Crippen molar-refractivity contribution >= 4 is 28.9 Å². The normalized spacial score (nSPS) is 10.7. The van der Waals surface area contributed by atoms with Gasteiger partial charge < -0.3 is 15.2 Å². The molecule has 1 amide bonds. The van der Waals surface area contributed by atoms with Crippen molar-refractivity contribution in [2.75, 3.05) is 5.32 Å². The van der Waals surface area contributed by atoms with Gasteiger partial charge in [-0.25, -0.2) is 4.98 Å². The quantitative estimate of drug-likeness (QED) is 0.718. The lowest BCUT2D eigenvalue weighted by Crippen LogP contribution is -2.20. The number of thiazole rings is 1. The van der Waals surface area contributed by atoms with Gasteiger partial charge in [0.05, 0.1) is 11.7 Å². The van der Waals surface area contributed by atoms with Crippen molar-refractivity contribution in [2.45, 2.75) is 0 Å². The molecule has 1 N–H and O–H groups in total. The number of benzene rings is 2. The minimum atomic E-state index is -1.41. The molecule has 3 aromatic rings. The molecule has 0 aliphatic rings. The standard InChI is InChI=1S/C19H14N2O3S/c22-17(10-11-18(23)24)20-15-8-6-13(7-9-15)16-12-25-19(21-16)14-4-2-1-3-5-14/h1-12H,(H,20,22)(H,23,24)/p-1. The molecule has 0 fully saturated rings. The molecule has 0 radical (unpaired) electrons. The number of amides is 1. The van der Waals surface area contributed by atoms with Crippen LogP contribution in [0.4, 0.5) is 5.69 Å². The molecule has 0 aliphatic heterocycles. The Balaban J connectivity index is 1.72. The summed E-state index contributed by atoms with van der Waals surface area (Å²) in [5.41, 5.74) is 3.43. The summed E-state index contributed by atoms with van der Waals surface area (Å²) in [5, 5.41) is 15.8. The van der Waals surface area contributed by atoms with Gasteiger partial charge in [0.1, 0.15) is 5.01 Å². The van der Waals surface area contributed by atoms with E-state index in [-0.39, 0.29) is 0 Å². The van der Waals surface area contributed by atoms with Gasteiger partial charge in [-0.2, -0.15) is 0 Å². The highest BCUT2D eigenvalue weighted by molar-refractivity contribution is 7.13. The van der Waals surface area contributed by atoms with Crippen molar-refractivity contribution in [3.63, 3.8) is 0 Å². The zero-order valence-corrected chi connectivity index (χ0v) is 13.8. The van der Waals surface area contributed by atoms with Gasteiger partial charge in [0.25, 0.3) is 0 Å². The van der Waals surface area contributed by atoms with Gasteiger partial charge in [-0.1, -0.05) is 42.5 Å². The molecule has 1 heterocycles. The number of anilines is 1. The highest BCUT2D eigenvalue weighted by Gasteiger charge is 2.06. The van der Waals surface area contributed by atoms with Gasteiger partial charge in [0.15, 0.2) is 0 Å². The third-order valence-electron chi connectivity index (χ3n) is 3.34. The molecule has 0 saturated heterocycles. The summed E-state index contributed by atoms with van der Waals surface area (Å²) in [6, 6.07) is 17.1. The van der Waals surface area contributed by atoms with Gasteiger partial charge in [0.2, 0.25) is 5.91 Å². The molecule has 0 atom stereocenters. The van der Waals surface area contributed by atoms with Crippen molar-refractivity contribution in [1.29, 1.82) is 0 Å². The van der Waals surface area contributed by atoms with Gasteiger partial charge in [-0.15, -0.1) is 11.3 Å². The van der Waals surface area contributed by atoms with E-state index in [4.69, 9.17) is 0 Å². The molecule has 2 aromatic carbocycles. The van der Waals surface area contributed by atoms with Crippen LogP contribution < -0.4 is 10.4 Å². The van der Waals surface area contributed by atoms with Gasteiger partial charge in [-0.05, 0) is 18.2 Å². The van der Waals surface area contributed by atoms with Crippen molar-refractivity contribution in [3.8, 4) is 21.8 Å². The van der Waals surface area contributed by atoms with Gasteiger partial charge in [-0.3, -0.25) is 4.79 Å². The summed E-state index contributed by atoms with van der Waals surface area (Å²) in [5.74, 6) is -1.94. The van der Waals surface area contributed by atoms with Crippen LogP contribution in [0.25, 0.3) is 21.8 Å². The molecule has 3 rings (SSSR count). The molecule has 0 aliphatic carbocycles. The number of nitrogens with zero attached hydrogens (tertiary/aromatic N) is 1. The zero-order valence-electron chi connectivity index (χ0n) is 13.0. The summed E-state index contributed by atoms with van der Waals surface area (Å²) in [4.78, 5) is 26.4. The van der Waals surface area contributed by atoms with E-state index in [1.54, 1.807) is 23.5 Å². The fourth-order valence-corrected chi connectivity index (χ4v) is 3.01. The molecular weight excluding hydrogens is 336 g/mol. The number of aliphatic carboxylic acids is 1. The lowest BCUT2D eigenvalue weighted by Gasteiger charge is -2.03. The summed E-state index contributed by atoms with van der Waals surface area (Å²) < 4.78 is 0. The Hall–Kier alpha value is -3.25. The second-order valence-corrected chi connectivity index (χ2v) is 5.98. The number of nitrogens with one attached hydrogen (secondary N) is 1. The fraction of sp³-hybridized carbons (Fsp3) is 0. The van der Waals surface area contributed by atoms with Crippen LogP contribution in [0, 0.1) is 0 Å². The van der Waals surface area contributed by atoms with Crippen LogP contribution in [0.3, 0.4) is 0 Å². The van der Waals surface area contributed by atoms with Gasteiger partial charge >= 0.3 is 0 Å². The average molecular weight is 349 g/mol. The molecule has 1 aromatic heterocycles. The van der Waals surface area contributed by atoms with Crippen molar-refractivity contribution in [2.24, 2.45) is 0 Å². The Morgan fingerprint density at radius 3 is 2.36 bits per heavy atom. The maximum atomic E-state index is 11.5. The van der Waals surface area contributed by atoms with Crippen LogP contribution in [0.15, 0.2) is 72.1 Å². The number of hydrogen-bond acceptors (Lipinski definition) is 5. The van der Waals surface area contributed by atoms with Crippen molar-refractivity contribution in [3.05, 3.63) is 72.1 Å². The third kappa shape index (κ3) is 4.39. The first kappa shape index (κ1) is 16.6. The largest absolute Gasteiger partial charge is 0.545 e. The predicted octanol–water partition coefficient (Wildman–Crippen LogP) is 2.72. The number of carbonyl (C=O) groups excluding carboxylic acids is 2. The topological polar surface area (TPSA) is 82.1 Å². The second-order valence-electron chi connectivity index (χ2n) is 5.12. The number of aromatic nitrogens is 1. The lowest BCUT2D eigenvalue weighted by atomic mass is 10.1. The molecule has 124 valence electrons. The van der Waals surface area contributed by atoms with Crippen LogP contribution in [-0.4, -0.2) is 16.9 Å². The van der Waals surface area contributed by atoms with Gasteiger partial charge in [0, 0.05) is 28.3 Å². The van der Waals surface area contributed by atoms with E-state index in [0.29, 0.717) is 11.8 Å². The Labute approximate surface area is 148 Å². The molecule has 0 bridgehead atoms. The van der Waals surface area contributed by atoms with E-state index in [9.17, 15) is 14.7 Å². The number of carboxylic acid groups (broad SMARTS) is 1. The summed E-state index contributed by atoms with van der Waals surface area (Å²) >= 11 is 1.57. The first-order valence-corrected chi connectivity index (χ1v) is 8.31. The Morgan fingerprint density at radius 1 is 0.960 bits per heavy atom. The van der Waals surface area contributed by atoms with Crippen molar-refractivity contribution < 1.29 is 14.7 Å². The highest BCUT2D eigenvalue weighted by Crippen LogP contribution is 2.29. The average Bonchev–Trinajstić information content (AvgIpc) is 3.11. The molecule has 0 unspecified atom stereocenters. The number of rotatable bonds is 5. The van der Waals surface area contributed by atoms with Crippen molar-refractivity contribution in [1.82, 2.24) is 4.98 Å². The van der Waals surface area contributed by atoms with E-state index in [2.05, 4.69) is 10.3 Å². The zero-order chi connectivity index (χ0) is 17.6. The summed E-state index contributed by atoms with van der Waals surface area (Å²) in [6.07, 6.45) is 1.60. The molecule has 6 heteroatoms. The first-order valence-electron chi connectivity index (χ1n) is 7.43. The predicted molar refractivity (Wildman–Crippen MR) is 95.8 cm³/mol. The third-order valence-corrected chi connectivity index (χ3v) is 4.24. The molecule has 0 spiro atoms. The molecule has 0 saturated carbocycles. The second kappa shape index (κ2) is 7.55. The smallest absolute Gasteiger partial charge is 0.248 e. The number of hydrogen-bond donors (Lipinski definition) is 1. The maximum absolute atomic E-state index is 11.5. The van der Waals surface area contributed by atoms with E-state index >= 15 is 0 Å². The van der Waals surface area contributed by atoms with Crippen LogP contribution in [0.5, 0.6) is 0 Å². The van der Waals surface area contributed by atoms with E-state index in [0.717, 1.165) is 27.9 Å². The Bertz CT molecular complexity index is 915. The molecular formula is C19H13N2O3S-.